The highest BCUT2D eigenvalue weighted by Gasteiger charge is 2.19. The number of pyridine rings is 2. The molecule has 2 aromatic heterocycles. The molecule has 2 aromatic carbocycles. The molecule has 1 amide bonds. The fourth-order valence-electron chi connectivity index (χ4n) is 3.60. The minimum atomic E-state index is -0.433. The van der Waals surface area contributed by atoms with Gasteiger partial charge in [0, 0.05) is 28.0 Å². The van der Waals surface area contributed by atoms with Gasteiger partial charge >= 0.3 is 0 Å². The Hall–Kier alpha value is -3.91. The highest BCUT2D eigenvalue weighted by Crippen LogP contribution is 2.20. The number of carbonyl (C=O) groups excluding carboxylic acids is 2. The van der Waals surface area contributed by atoms with Gasteiger partial charge in [-0.15, -0.1) is 11.8 Å². The lowest BCUT2D eigenvalue weighted by Crippen LogP contribution is -2.25. The molecule has 0 saturated carbocycles. The minimum Gasteiger partial charge on any atom is -0.497 e. The van der Waals surface area contributed by atoms with E-state index >= 15 is 0 Å². The van der Waals surface area contributed by atoms with E-state index in [1.165, 1.54) is 13.3 Å². The smallest absolute Gasteiger partial charge is 0.244 e. The molecule has 0 saturated heterocycles. The maximum atomic E-state index is 13.2. The van der Waals surface area contributed by atoms with E-state index in [0.717, 1.165) is 4.90 Å². The van der Waals surface area contributed by atoms with Crippen molar-refractivity contribution < 1.29 is 14.3 Å². The molecule has 0 radical (unpaired) electrons. The summed E-state index contributed by atoms with van der Waals surface area (Å²) in [6, 6.07) is 17.4. The van der Waals surface area contributed by atoms with E-state index in [4.69, 9.17) is 4.74 Å². The number of aromatic nitrogens is 2. The first-order valence-corrected chi connectivity index (χ1v) is 11.8. The second-order valence-electron chi connectivity index (χ2n) is 7.66. The number of ketones is 1. The molecule has 0 spiro atoms. The lowest BCUT2D eigenvalue weighted by Gasteiger charge is -2.13. The number of thioether (sulfide) groups is 1. The highest BCUT2D eigenvalue weighted by atomic mass is 32.2. The summed E-state index contributed by atoms with van der Waals surface area (Å²) in [7, 11) is 1.54. The molecule has 0 aliphatic rings. The molecule has 0 aliphatic heterocycles. The molecule has 0 bridgehead atoms. The Labute approximate surface area is 200 Å². The molecule has 4 aromatic rings. The summed E-state index contributed by atoms with van der Waals surface area (Å²) in [6.45, 7) is 1.69. The molecule has 1 N–H and O–H groups in total. The number of rotatable bonds is 7. The summed E-state index contributed by atoms with van der Waals surface area (Å²) in [5, 5.41) is 3.15. The van der Waals surface area contributed by atoms with Gasteiger partial charge in [-0.2, -0.15) is 0 Å². The number of anilines is 1. The van der Waals surface area contributed by atoms with Crippen LogP contribution in [0, 0.1) is 6.92 Å². The molecule has 8 heteroatoms. The molecule has 0 atom stereocenters. The number of ether oxygens (including phenoxy) is 1. The van der Waals surface area contributed by atoms with E-state index in [0.29, 0.717) is 28.3 Å². The zero-order valence-corrected chi connectivity index (χ0v) is 19.8. The van der Waals surface area contributed by atoms with Crippen LogP contribution in [0.3, 0.4) is 0 Å². The zero-order chi connectivity index (χ0) is 24.2. The van der Waals surface area contributed by atoms with Crippen LogP contribution in [-0.2, 0) is 11.3 Å². The third kappa shape index (κ3) is 4.87. The Bertz CT molecular complexity index is 1450. The topological polar surface area (TPSA) is 90.3 Å². The fourth-order valence-corrected chi connectivity index (χ4v) is 4.06. The van der Waals surface area contributed by atoms with Crippen molar-refractivity contribution in [3.05, 3.63) is 93.9 Å². The molecular formula is C26H23N3O4S. The molecule has 0 unspecified atom stereocenters. The maximum absolute atomic E-state index is 13.2. The summed E-state index contributed by atoms with van der Waals surface area (Å²) in [6.07, 6.45) is 3.38. The molecule has 7 nitrogen and oxygen atoms in total. The van der Waals surface area contributed by atoms with Crippen LogP contribution in [-0.4, -0.2) is 34.6 Å². The predicted molar refractivity (Wildman–Crippen MR) is 134 cm³/mol. The van der Waals surface area contributed by atoms with Gasteiger partial charge in [0.1, 0.15) is 17.9 Å². The van der Waals surface area contributed by atoms with Crippen molar-refractivity contribution in [2.45, 2.75) is 18.4 Å². The van der Waals surface area contributed by atoms with Gasteiger partial charge in [-0.1, -0.05) is 6.07 Å². The molecule has 172 valence electrons. The second-order valence-corrected chi connectivity index (χ2v) is 8.54. The van der Waals surface area contributed by atoms with E-state index in [1.807, 2.05) is 30.5 Å². The molecule has 2 heterocycles. The first kappa shape index (κ1) is 23.3. The number of carbonyl (C=O) groups is 2. The van der Waals surface area contributed by atoms with Crippen molar-refractivity contribution in [3.63, 3.8) is 0 Å². The number of aryl methyl sites for hydroxylation is 1. The van der Waals surface area contributed by atoms with Crippen molar-refractivity contribution in [3.8, 4) is 5.75 Å². The van der Waals surface area contributed by atoms with Crippen molar-refractivity contribution in [2.24, 2.45) is 0 Å². The summed E-state index contributed by atoms with van der Waals surface area (Å²) in [5.41, 5.74) is 1.61. The zero-order valence-electron chi connectivity index (χ0n) is 19.0. The Morgan fingerprint density at radius 1 is 1.09 bits per heavy atom. The maximum Gasteiger partial charge on any atom is 0.244 e. The number of amides is 1. The summed E-state index contributed by atoms with van der Waals surface area (Å²) in [5.74, 6) is -0.124. The monoisotopic (exact) mass is 473 g/mol. The first-order chi connectivity index (χ1) is 16.4. The quantitative estimate of drug-likeness (QED) is 0.318. The van der Waals surface area contributed by atoms with Crippen LogP contribution >= 0.6 is 11.8 Å². The van der Waals surface area contributed by atoms with Gasteiger partial charge in [-0.3, -0.25) is 14.4 Å². The van der Waals surface area contributed by atoms with E-state index in [2.05, 4.69) is 10.3 Å². The summed E-state index contributed by atoms with van der Waals surface area (Å²) >= 11 is 1.58. The fraction of sp³-hybridized carbons (Fsp3) is 0.154. The van der Waals surface area contributed by atoms with E-state index in [9.17, 15) is 14.4 Å². The van der Waals surface area contributed by atoms with Crippen LogP contribution in [0.5, 0.6) is 5.75 Å². The SMILES string of the molecule is COc1ccc(C(=O)c2cn(CC(=O)Nc3cccc(SC)c3)c3nc(C)ccc3c2=O)cc1. The normalized spacial score (nSPS) is 10.8. The molecular weight excluding hydrogens is 450 g/mol. The Kier molecular flexibility index (Phi) is 6.79. The Morgan fingerprint density at radius 2 is 1.85 bits per heavy atom. The van der Waals surface area contributed by atoms with Gasteiger partial charge < -0.3 is 14.6 Å². The van der Waals surface area contributed by atoms with Crippen LogP contribution in [0.2, 0.25) is 0 Å². The number of benzene rings is 2. The Morgan fingerprint density at radius 3 is 2.56 bits per heavy atom. The molecule has 34 heavy (non-hydrogen) atoms. The van der Waals surface area contributed by atoms with Crippen LogP contribution in [0.25, 0.3) is 11.0 Å². The molecule has 4 rings (SSSR count). The summed E-state index contributed by atoms with van der Waals surface area (Å²) in [4.78, 5) is 44.7. The minimum absolute atomic E-state index is 0.0273. The third-order valence-corrected chi connectivity index (χ3v) is 6.05. The van der Waals surface area contributed by atoms with Crippen LogP contribution in [0.15, 0.2) is 76.6 Å². The van der Waals surface area contributed by atoms with Gasteiger partial charge in [-0.25, -0.2) is 4.98 Å². The van der Waals surface area contributed by atoms with Crippen LogP contribution in [0.4, 0.5) is 5.69 Å². The Balaban J connectivity index is 1.73. The van der Waals surface area contributed by atoms with E-state index in [1.54, 1.807) is 59.7 Å². The standard InChI is InChI=1S/C26H23N3O4S/c1-16-7-12-21-25(32)22(24(31)17-8-10-19(33-2)11-9-17)14-29(26(21)27-16)15-23(30)28-18-5-4-6-20(13-18)34-3/h4-14H,15H2,1-3H3,(H,28,30). The number of nitrogens with zero attached hydrogens (tertiary/aromatic N) is 2. The number of fused-ring (bicyclic) bond motifs is 1. The van der Waals surface area contributed by atoms with Crippen molar-refractivity contribution in [1.29, 1.82) is 0 Å². The van der Waals surface area contributed by atoms with E-state index in [-0.39, 0.29) is 23.4 Å². The van der Waals surface area contributed by atoms with Crippen molar-refractivity contribution in [2.75, 3.05) is 18.7 Å². The van der Waals surface area contributed by atoms with Crippen LogP contribution < -0.4 is 15.5 Å². The summed E-state index contributed by atoms with van der Waals surface area (Å²) < 4.78 is 6.69. The average Bonchev–Trinajstić information content (AvgIpc) is 2.85. The van der Waals surface area contributed by atoms with Crippen molar-refractivity contribution >= 4 is 40.2 Å². The van der Waals surface area contributed by atoms with E-state index < -0.39 is 11.2 Å². The predicted octanol–water partition coefficient (Wildman–Crippen LogP) is 4.31. The highest BCUT2D eigenvalue weighted by molar-refractivity contribution is 7.98. The average molecular weight is 474 g/mol. The lowest BCUT2D eigenvalue weighted by atomic mass is 10.0. The largest absolute Gasteiger partial charge is 0.497 e. The van der Waals surface area contributed by atoms with Gasteiger partial charge in [0.15, 0.2) is 5.78 Å². The van der Waals surface area contributed by atoms with Gasteiger partial charge in [-0.05, 0) is 67.8 Å². The molecule has 0 fully saturated rings. The third-order valence-electron chi connectivity index (χ3n) is 5.32. The van der Waals surface area contributed by atoms with Crippen LogP contribution in [0.1, 0.15) is 21.6 Å². The second kappa shape index (κ2) is 9.93. The van der Waals surface area contributed by atoms with Crippen molar-refractivity contribution in [1.82, 2.24) is 9.55 Å². The number of nitrogens with one attached hydrogen (secondary N) is 1. The lowest BCUT2D eigenvalue weighted by molar-refractivity contribution is -0.116. The van der Waals surface area contributed by atoms with Gasteiger partial charge in [0.05, 0.1) is 18.1 Å². The number of methoxy groups -OCH3 is 1. The first-order valence-electron chi connectivity index (χ1n) is 10.5. The van der Waals surface area contributed by atoms with Gasteiger partial charge in [0.2, 0.25) is 11.3 Å². The number of hydrogen-bond acceptors (Lipinski definition) is 6. The molecule has 0 aliphatic carbocycles. The number of hydrogen-bond donors (Lipinski definition) is 1. The van der Waals surface area contributed by atoms with Gasteiger partial charge in [0.25, 0.3) is 0 Å².